The minimum Gasteiger partial charge on any atom is -0.497 e. The van der Waals surface area contributed by atoms with E-state index in [2.05, 4.69) is 15.5 Å². The van der Waals surface area contributed by atoms with E-state index < -0.39 is 0 Å². The van der Waals surface area contributed by atoms with Gasteiger partial charge in [0.2, 0.25) is 5.89 Å². The number of ether oxygens (including phenoxy) is 2. The van der Waals surface area contributed by atoms with E-state index >= 15 is 0 Å². The number of nitrogens with one attached hydrogen (secondary N) is 1. The van der Waals surface area contributed by atoms with Crippen LogP contribution in [0.15, 0.2) is 28.8 Å². The number of methoxy groups -OCH3 is 2. The lowest BCUT2D eigenvalue weighted by Crippen LogP contribution is -2.16. The van der Waals surface area contributed by atoms with Crippen molar-refractivity contribution in [1.29, 1.82) is 0 Å². The summed E-state index contributed by atoms with van der Waals surface area (Å²) in [5.41, 5.74) is 1.09. The van der Waals surface area contributed by atoms with Gasteiger partial charge in [-0.1, -0.05) is 17.3 Å². The van der Waals surface area contributed by atoms with Gasteiger partial charge < -0.3 is 19.3 Å². The number of rotatable bonds is 5. The average molecular weight is 289 g/mol. The van der Waals surface area contributed by atoms with Gasteiger partial charge in [0.15, 0.2) is 5.82 Å². The van der Waals surface area contributed by atoms with Crippen molar-refractivity contribution < 1.29 is 14.0 Å². The van der Waals surface area contributed by atoms with Crippen LogP contribution in [0.5, 0.6) is 5.75 Å². The summed E-state index contributed by atoms with van der Waals surface area (Å²) >= 11 is 0. The minimum absolute atomic E-state index is 0.0847. The van der Waals surface area contributed by atoms with Crippen molar-refractivity contribution in [3.05, 3.63) is 41.5 Å². The van der Waals surface area contributed by atoms with Gasteiger partial charge in [-0.3, -0.25) is 0 Å². The largest absolute Gasteiger partial charge is 0.497 e. The zero-order chi connectivity index (χ0) is 14.7. The highest BCUT2D eigenvalue weighted by atomic mass is 16.5. The molecule has 2 atom stereocenters. The molecular weight excluding hydrogens is 270 g/mol. The van der Waals surface area contributed by atoms with Gasteiger partial charge in [0.05, 0.1) is 19.3 Å². The summed E-state index contributed by atoms with van der Waals surface area (Å²) in [6.07, 6.45) is 1.70. The second kappa shape index (κ2) is 6.24. The van der Waals surface area contributed by atoms with Gasteiger partial charge in [-0.05, 0) is 24.1 Å². The Kier molecular flexibility index (Phi) is 4.17. The topological polar surface area (TPSA) is 69.4 Å². The van der Waals surface area contributed by atoms with Crippen molar-refractivity contribution in [1.82, 2.24) is 15.5 Å². The summed E-state index contributed by atoms with van der Waals surface area (Å²) in [6, 6.07) is 7.95. The van der Waals surface area contributed by atoms with Crippen molar-refractivity contribution >= 4 is 0 Å². The molecule has 0 aliphatic carbocycles. The van der Waals surface area contributed by atoms with Crippen LogP contribution in [-0.2, 0) is 11.2 Å². The monoisotopic (exact) mass is 289 g/mol. The van der Waals surface area contributed by atoms with E-state index in [1.54, 1.807) is 14.2 Å². The molecule has 112 valence electrons. The van der Waals surface area contributed by atoms with Crippen LogP contribution in [0.3, 0.4) is 0 Å². The fourth-order valence-electron chi connectivity index (χ4n) is 2.52. The maximum Gasteiger partial charge on any atom is 0.243 e. The molecule has 21 heavy (non-hydrogen) atoms. The van der Waals surface area contributed by atoms with E-state index in [-0.39, 0.29) is 12.1 Å². The van der Waals surface area contributed by atoms with E-state index in [0.717, 1.165) is 24.3 Å². The molecule has 1 aliphatic rings. The quantitative estimate of drug-likeness (QED) is 0.904. The molecule has 0 radical (unpaired) electrons. The molecule has 0 unspecified atom stereocenters. The van der Waals surface area contributed by atoms with Gasteiger partial charge in [0.1, 0.15) is 5.75 Å². The highest BCUT2D eigenvalue weighted by molar-refractivity contribution is 5.30. The maximum absolute atomic E-state index is 5.36. The Labute approximate surface area is 123 Å². The lowest BCUT2D eigenvalue weighted by molar-refractivity contribution is 0.116. The van der Waals surface area contributed by atoms with Crippen molar-refractivity contribution in [2.24, 2.45) is 0 Å². The fourth-order valence-corrected chi connectivity index (χ4v) is 2.52. The maximum atomic E-state index is 5.36. The van der Waals surface area contributed by atoms with Gasteiger partial charge in [0, 0.05) is 20.1 Å². The van der Waals surface area contributed by atoms with Gasteiger partial charge in [-0.2, -0.15) is 4.98 Å². The second-order valence-electron chi connectivity index (χ2n) is 5.13. The molecule has 1 aliphatic heterocycles. The first kappa shape index (κ1) is 14.0. The van der Waals surface area contributed by atoms with E-state index in [4.69, 9.17) is 14.0 Å². The lowest BCUT2D eigenvalue weighted by atomic mass is 10.1. The predicted molar refractivity (Wildman–Crippen MR) is 76.3 cm³/mol. The Morgan fingerprint density at radius 1 is 1.38 bits per heavy atom. The lowest BCUT2D eigenvalue weighted by Gasteiger charge is -2.04. The number of nitrogens with zero attached hydrogens (tertiary/aromatic N) is 2. The molecule has 0 amide bonds. The molecule has 1 N–H and O–H groups in total. The molecule has 1 aromatic heterocycles. The zero-order valence-corrected chi connectivity index (χ0v) is 12.2. The van der Waals surface area contributed by atoms with Gasteiger partial charge in [0.25, 0.3) is 0 Å². The zero-order valence-electron chi connectivity index (χ0n) is 12.2. The Morgan fingerprint density at radius 2 is 2.29 bits per heavy atom. The highest BCUT2D eigenvalue weighted by Gasteiger charge is 2.29. The smallest absolute Gasteiger partial charge is 0.243 e. The predicted octanol–water partition coefficient (Wildman–Crippen LogP) is 1.72. The number of hydrogen-bond donors (Lipinski definition) is 1. The molecular formula is C15H19N3O3. The van der Waals surface area contributed by atoms with Crippen LogP contribution in [0.2, 0.25) is 0 Å². The number of hydrogen-bond acceptors (Lipinski definition) is 6. The minimum atomic E-state index is 0.0847. The number of aromatic nitrogens is 2. The summed E-state index contributed by atoms with van der Waals surface area (Å²) in [6.45, 7) is 0.814. The Bertz CT molecular complexity index is 599. The first-order chi connectivity index (χ1) is 10.3. The Morgan fingerprint density at radius 3 is 3.05 bits per heavy atom. The molecule has 2 heterocycles. The normalized spacial score (nSPS) is 21.6. The van der Waals surface area contributed by atoms with E-state index in [9.17, 15) is 0 Å². The average Bonchev–Trinajstić information content (AvgIpc) is 3.16. The molecule has 3 rings (SSSR count). The third kappa shape index (κ3) is 3.22. The van der Waals surface area contributed by atoms with Crippen LogP contribution in [-0.4, -0.2) is 37.0 Å². The van der Waals surface area contributed by atoms with Crippen LogP contribution < -0.4 is 10.1 Å². The fraction of sp³-hybridized carbons (Fsp3) is 0.467. The third-order valence-corrected chi connectivity index (χ3v) is 3.70. The molecule has 1 aromatic carbocycles. The van der Waals surface area contributed by atoms with Crippen molar-refractivity contribution in [2.75, 3.05) is 20.8 Å². The Balaban J connectivity index is 1.67. The standard InChI is InChI=1S/C15H19N3O3/c1-19-11-5-3-4-10(6-11)7-14-17-15(21-18-14)13-8-12(20-2)9-16-13/h3-6,12-13,16H,7-9H2,1-2H3/t12-,13+/m0/s1. The van der Waals surface area contributed by atoms with Gasteiger partial charge in [-0.15, -0.1) is 0 Å². The van der Waals surface area contributed by atoms with Crippen molar-refractivity contribution in [3.8, 4) is 5.75 Å². The summed E-state index contributed by atoms with van der Waals surface area (Å²) < 4.78 is 15.9. The number of benzene rings is 1. The van der Waals surface area contributed by atoms with Crippen molar-refractivity contribution in [3.63, 3.8) is 0 Å². The molecule has 6 nitrogen and oxygen atoms in total. The summed E-state index contributed by atoms with van der Waals surface area (Å²) in [4.78, 5) is 4.48. The van der Waals surface area contributed by atoms with E-state index in [1.807, 2.05) is 24.3 Å². The first-order valence-corrected chi connectivity index (χ1v) is 7.00. The van der Waals surface area contributed by atoms with E-state index in [0.29, 0.717) is 18.1 Å². The van der Waals surface area contributed by atoms with Gasteiger partial charge >= 0.3 is 0 Å². The molecule has 0 bridgehead atoms. The summed E-state index contributed by atoms with van der Waals surface area (Å²) in [5, 5.41) is 7.38. The molecule has 6 heteroatoms. The van der Waals surface area contributed by atoms with Crippen molar-refractivity contribution in [2.45, 2.75) is 25.0 Å². The van der Waals surface area contributed by atoms with Crippen LogP contribution in [0.1, 0.15) is 29.7 Å². The molecule has 1 saturated heterocycles. The van der Waals surface area contributed by atoms with Crippen LogP contribution in [0, 0.1) is 0 Å². The van der Waals surface area contributed by atoms with Crippen LogP contribution >= 0.6 is 0 Å². The Hall–Kier alpha value is -1.92. The summed E-state index contributed by atoms with van der Waals surface area (Å²) in [5.74, 6) is 2.14. The molecule has 1 fully saturated rings. The second-order valence-corrected chi connectivity index (χ2v) is 5.13. The highest BCUT2D eigenvalue weighted by Crippen LogP contribution is 2.24. The van der Waals surface area contributed by atoms with Crippen LogP contribution in [0.25, 0.3) is 0 Å². The first-order valence-electron chi connectivity index (χ1n) is 7.00. The molecule has 2 aromatic rings. The molecule has 0 saturated carbocycles. The summed E-state index contributed by atoms with van der Waals surface area (Å²) in [7, 11) is 3.38. The van der Waals surface area contributed by atoms with Crippen LogP contribution in [0.4, 0.5) is 0 Å². The van der Waals surface area contributed by atoms with Gasteiger partial charge in [-0.25, -0.2) is 0 Å². The SMILES string of the molecule is COc1cccc(Cc2noc([C@H]3C[C@H](OC)CN3)n2)c1. The van der Waals surface area contributed by atoms with E-state index in [1.165, 1.54) is 0 Å². The third-order valence-electron chi connectivity index (χ3n) is 3.70. The molecule has 0 spiro atoms.